The number of rotatable bonds is 3. The normalized spacial score (nSPS) is 11.6. The van der Waals surface area contributed by atoms with Gasteiger partial charge in [0.1, 0.15) is 6.33 Å². The minimum absolute atomic E-state index is 0.502. The average molecular weight is 460 g/mol. The molecular formula is C17H12F3IN2O2. The molecule has 2 aromatic carbocycles. The number of halogens is 4. The van der Waals surface area contributed by atoms with Crippen LogP contribution >= 0.6 is 22.6 Å². The first kappa shape index (κ1) is 17.7. The maximum atomic E-state index is 12.8. The summed E-state index contributed by atoms with van der Waals surface area (Å²) in [5, 5.41) is 0.671. The van der Waals surface area contributed by atoms with Crippen molar-refractivity contribution in [2.24, 2.45) is 0 Å². The van der Waals surface area contributed by atoms with Gasteiger partial charge in [-0.3, -0.25) is 0 Å². The van der Waals surface area contributed by atoms with Gasteiger partial charge >= 0.3 is 6.18 Å². The van der Waals surface area contributed by atoms with Crippen LogP contribution in [0.1, 0.15) is 5.56 Å². The predicted molar refractivity (Wildman–Crippen MR) is 95.8 cm³/mol. The number of benzene rings is 2. The van der Waals surface area contributed by atoms with E-state index in [9.17, 15) is 13.2 Å². The molecule has 0 N–H and O–H groups in total. The van der Waals surface area contributed by atoms with E-state index in [2.05, 4.69) is 32.6 Å². The van der Waals surface area contributed by atoms with Crippen LogP contribution in [0.2, 0.25) is 0 Å². The van der Waals surface area contributed by atoms with E-state index < -0.39 is 11.7 Å². The predicted octanol–water partition coefficient (Wildman–Crippen LogP) is 4.94. The Morgan fingerprint density at radius 2 is 1.68 bits per heavy atom. The summed E-state index contributed by atoms with van der Waals surface area (Å²) in [6, 6.07) is 6.59. The van der Waals surface area contributed by atoms with Crippen LogP contribution in [-0.2, 0) is 6.18 Å². The molecule has 0 unspecified atom stereocenters. The second kappa shape index (κ2) is 6.66. The average Bonchev–Trinajstić information content (AvgIpc) is 2.60. The third-order valence-corrected chi connectivity index (χ3v) is 4.70. The summed E-state index contributed by atoms with van der Waals surface area (Å²) in [6.07, 6.45) is -3.00. The van der Waals surface area contributed by atoms with E-state index in [1.54, 1.807) is 6.07 Å². The molecule has 0 saturated carbocycles. The second-order valence-corrected chi connectivity index (χ2v) is 6.20. The molecule has 0 amide bonds. The first-order chi connectivity index (χ1) is 11.9. The Hall–Kier alpha value is -2.10. The Kier molecular flexibility index (Phi) is 4.72. The number of alkyl halides is 3. The maximum Gasteiger partial charge on any atom is 0.416 e. The number of nitrogens with zero attached hydrogens (tertiary/aromatic N) is 2. The smallest absolute Gasteiger partial charge is 0.416 e. The van der Waals surface area contributed by atoms with Gasteiger partial charge < -0.3 is 9.47 Å². The fourth-order valence-corrected chi connectivity index (χ4v) is 3.42. The minimum Gasteiger partial charge on any atom is -0.493 e. The van der Waals surface area contributed by atoms with E-state index in [4.69, 9.17) is 9.47 Å². The summed E-state index contributed by atoms with van der Waals surface area (Å²) in [4.78, 5) is 8.52. The van der Waals surface area contributed by atoms with Crippen molar-refractivity contribution < 1.29 is 22.6 Å². The molecule has 1 heterocycles. The Morgan fingerprint density at radius 3 is 2.24 bits per heavy atom. The Bertz CT molecular complexity index is 928. The summed E-state index contributed by atoms with van der Waals surface area (Å²) in [7, 11) is 3.05. The zero-order chi connectivity index (χ0) is 18.2. The lowest BCUT2D eigenvalue weighted by atomic mass is 10.0. The highest BCUT2D eigenvalue weighted by Gasteiger charge is 2.30. The van der Waals surface area contributed by atoms with Crippen LogP contribution in [-0.4, -0.2) is 24.2 Å². The molecule has 0 aliphatic carbocycles. The molecule has 0 aliphatic heterocycles. The number of ether oxygens (including phenoxy) is 2. The largest absolute Gasteiger partial charge is 0.493 e. The van der Waals surface area contributed by atoms with Gasteiger partial charge in [0.2, 0.25) is 0 Å². The van der Waals surface area contributed by atoms with E-state index in [0.717, 1.165) is 15.7 Å². The highest BCUT2D eigenvalue weighted by Crippen LogP contribution is 2.40. The van der Waals surface area contributed by atoms with Crippen LogP contribution in [0, 0.1) is 3.57 Å². The Balaban J connectivity index is 2.22. The van der Waals surface area contributed by atoms with Crippen LogP contribution in [0.5, 0.6) is 11.5 Å². The Morgan fingerprint density at radius 1 is 1.00 bits per heavy atom. The molecule has 3 rings (SSSR count). The lowest BCUT2D eigenvalue weighted by Crippen LogP contribution is -2.04. The van der Waals surface area contributed by atoms with Gasteiger partial charge in [-0.05, 0) is 40.8 Å². The number of methoxy groups -OCH3 is 2. The van der Waals surface area contributed by atoms with Crippen molar-refractivity contribution in [2.75, 3.05) is 14.2 Å². The quantitative estimate of drug-likeness (QED) is 0.520. The molecule has 0 spiro atoms. The van der Waals surface area contributed by atoms with Crippen LogP contribution < -0.4 is 9.47 Å². The van der Waals surface area contributed by atoms with Gasteiger partial charge in [-0.15, -0.1) is 0 Å². The van der Waals surface area contributed by atoms with Gasteiger partial charge in [-0.2, -0.15) is 13.2 Å². The molecule has 0 atom stereocenters. The van der Waals surface area contributed by atoms with Crippen molar-refractivity contribution >= 4 is 33.5 Å². The van der Waals surface area contributed by atoms with Crippen molar-refractivity contribution in [3.63, 3.8) is 0 Å². The fourth-order valence-electron chi connectivity index (χ4n) is 2.51. The minimum atomic E-state index is -4.38. The van der Waals surface area contributed by atoms with E-state index in [0.29, 0.717) is 33.7 Å². The highest BCUT2D eigenvalue weighted by molar-refractivity contribution is 14.1. The number of aromatic nitrogens is 2. The van der Waals surface area contributed by atoms with Crippen LogP contribution in [0.25, 0.3) is 22.2 Å². The van der Waals surface area contributed by atoms with E-state index in [1.807, 2.05) is 0 Å². The lowest BCUT2D eigenvalue weighted by molar-refractivity contribution is -0.137. The van der Waals surface area contributed by atoms with Crippen molar-refractivity contribution in [3.05, 3.63) is 45.8 Å². The Labute approximate surface area is 155 Å². The third-order valence-electron chi connectivity index (χ3n) is 3.70. The van der Waals surface area contributed by atoms with E-state index in [1.165, 1.54) is 32.7 Å². The van der Waals surface area contributed by atoms with Crippen molar-refractivity contribution in [3.8, 4) is 22.8 Å². The molecule has 4 nitrogen and oxygen atoms in total. The third kappa shape index (κ3) is 3.22. The van der Waals surface area contributed by atoms with Crippen LogP contribution in [0.15, 0.2) is 36.7 Å². The number of hydrogen-bond donors (Lipinski definition) is 0. The SMILES string of the molecule is COc1cc2c(-c3ccc(C(F)(F)F)cc3)ncnc2c(I)c1OC. The van der Waals surface area contributed by atoms with Gasteiger partial charge in [0.15, 0.2) is 11.5 Å². The molecule has 8 heteroatoms. The lowest BCUT2D eigenvalue weighted by Gasteiger charge is -2.14. The molecule has 0 bridgehead atoms. The molecule has 130 valence electrons. The van der Waals surface area contributed by atoms with Gasteiger partial charge in [-0.1, -0.05) is 12.1 Å². The van der Waals surface area contributed by atoms with Gasteiger partial charge in [0, 0.05) is 10.9 Å². The monoisotopic (exact) mass is 460 g/mol. The van der Waals surface area contributed by atoms with Crippen LogP contribution in [0.3, 0.4) is 0 Å². The highest BCUT2D eigenvalue weighted by atomic mass is 127. The first-order valence-electron chi connectivity index (χ1n) is 7.09. The summed E-state index contributed by atoms with van der Waals surface area (Å²) >= 11 is 2.10. The summed E-state index contributed by atoms with van der Waals surface area (Å²) < 4.78 is 49.7. The molecule has 1 aromatic heterocycles. The summed E-state index contributed by atoms with van der Waals surface area (Å²) in [6.45, 7) is 0. The first-order valence-corrected chi connectivity index (χ1v) is 8.17. The fraction of sp³-hybridized carbons (Fsp3) is 0.176. The van der Waals surface area contributed by atoms with E-state index in [-0.39, 0.29) is 0 Å². The number of fused-ring (bicyclic) bond motifs is 1. The molecule has 25 heavy (non-hydrogen) atoms. The standard InChI is InChI=1S/C17H12F3IN2O2/c1-24-12-7-11-14(9-3-5-10(6-4-9)17(18,19)20)22-8-23-15(11)13(21)16(12)25-2/h3-8H,1-2H3. The molecule has 0 fully saturated rings. The second-order valence-electron chi connectivity index (χ2n) is 5.12. The molecule has 0 aliphatic rings. The zero-order valence-corrected chi connectivity index (χ0v) is 15.3. The molecular weight excluding hydrogens is 448 g/mol. The topological polar surface area (TPSA) is 44.2 Å². The van der Waals surface area contributed by atoms with Crippen LogP contribution in [0.4, 0.5) is 13.2 Å². The van der Waals surface area contributed by atoms with Crippen molar-refractivity contribution in [1.82, 2.24) is 9.97 Å². The summed E-state index contributed by atoms with van der Waals surface area (Å²) in [5.41, 5.74) is 1.02. The maximum absolute atomic E-state index is 12.8. The summed E-state index contributed by atoms with van der Waals surface area (Å²) in [5.74, 6) is 1.05. The molecule has 3 aromatic rings. The van der Waals surface area contributed by atoms with Crippen molar-refractivity contribution in [2.45, 2.75) is 6.18 Å². The van der Waals surface area contributed by atoms with E-state index >= 15 is 0 Å². The number of hydrogen-bond acceptors (Lipinski definition) is 4. The van der Waals surface area contributed by atoms with Crippen molar-refractivity contribution in [1.29, 1.82) is 0 Å². The van der Waals surface area contributed by atoms with Gasteiger partial charge in [0.25, 0.3) is 0 Å². The van der Waals surface area contributed by atoms with Gasteiger partial charge in [0.05, 0.1) is 34.6 Å². The molecule has 0 radical (unpaired) electrons. The zero-order valence-electron chi connectivity index (χ0n) is 13.2. The molecule has 0 saturated heterocycles. The van der Waals surface area contributed by atoms with Gasteiger partial charge in [-0.25, -0.2) is 9.97 Å².